The van der Waals surface area contributed by atoms with Crippen LogP contribution in [0.1, 0.15) is 34.9 Å². The number of fused-ring (bicyclic) bond motifs is 1. The van der Waals surface area contributed by atoms with Crippen LogP contribution in [0, 0.1) is 0 Å². The molecule has 6 rings (SSSR count). The molecule has 0 spiro atoms. The van der Waals surface area contributed by atoms with E-state index in [1.165, 1.54) is 28.5 Å². The molecule has 4 heterocycles. The summed E-state index contributed by atoms with van der Waals surface area (Å²) in [7, 11) is 0. The SMILES string of the molecule is O=C1NCC(c2cn3c4c(cccc24)CCC3)[C@@H]1c1c[nH]c2ccccc12. The molecule has 0 bridgehead atoms. The molecule has 27 heavy (non-hydrogen) atoms. The predicted octanol–water partition coefficient (Wildman–Crippen LogP) is 4.07. The predicted molar refractivity (Wildman–Crippen MR) is 107 cm³/mol. The zero-order valence-corrected chi connectivity index (χ0v) is 15.0. The van der Waals surface area contributed by atoms with Gasteiger partial charge in [-0.2, -0.15) is 0 Å². The second-order valence-electron chi connectivity index (χ2n) is 7.81. The molecule has 2 N–H and O–H groups in total. The monoisotopic (exact) mass is 355 g/mol. The van der Waals surface area contributed by atoms with E-state index in [0.29, 0.717) is 6.54 Å². The molecule has 2 aliphatic heterocycles. The number of carbonyl (C=O) groups is 1. The number of amides is 1. The Bertz CT molecular complexity index is 1200. The number of para-hydroxylation sites is 2. The number of nitrogens with one attached hydrogen (secondary N) is 2. The first-order valence-electron chi connectivity index (χ1n) is 9.75. The molecule has 134 valence electrons. The van der Waals surface area contributed by atoms with Crippen LogP contribution in [0.15, 0.2) is 54.9 Å². The van der Waals surface area contributed by atoms with Crippen molar-refractivity contribution in [3.63, 3.8) is 0 Å². The Morgan fingerprint density at radius 1 is 1.00 bits per heavy atom. The number of nitrogens with zero attached hydrogens (tertiary/aromatic N) is 1. The highest BCUT2D eigenvalue weighted by atomic mass is 16.2. The summed E-state index contributed by atoms with van der Waals surface area (Å²) in [5.41, 5.74) is 6.31. The van der Waals surface area contributed by atoms with E-state index in [-0.39, 0.29) is 17.7 Å². The number of rotatable bonds is 2. The van der Waals surface area contributed by atoms with E-state index in [1.54, 1.807) is 0 Å². The zero-order chi connectivity index (χ0) is 18.0. The first kappa shape index (κ1) is 15.1. The van der Waals surface area contributed by atoms with E-state index in [4.69, 9.17) is 0 Å². The van der Waals surface area contributed by atoms with Gasteiger partial charge in [0.05, 0.1) is 11.4 Å². The van der Waals surface area contributed by atoms with E-state index >= 15 is 0 Å². The van der Waals surface area contributed by atoms with Crippen LogP contribution < -0.4 is 5.32 Å². The van der Waals surface area contributed by atoms with Crippen molar-refractivity contribution in [3.8, 4) is 0 Å². The van der Waals surface area contributed by atoms with Gasteiger partial charge in [0.1, 0.15) is 0 Å². The van der Waals surface area contributed by atoms with Gasteiger partial charge in [0.15, 0.2) is 0 Å². The Hall–Kier alpha value is -3.01. The summed E-state index contributed by atoms with van der Waals surface area (Å²) < 4.78 is 2.40. The van der Waals surface area contributed by atoms with Gasteiger partial charge in [0, 0.05) is 47.7 Å². The number of aromatic nitrogens is 2. The molecule has 0 saturated carbocycles. The Labute approximate surface area is 157 Å². The van der Waals surface area contributed by atoms with Crippen LogP contribution >= 0.6 is 0 Å². The fourth-order valence-corrected chi connectivity index (χ4v) is 5.20. The summed E-state index contributed by atoms with van der Waals surface area (Å²) in [5, 5.41) is 5.60. The van der Waals surface area contributed by atoms with E-state index < -0.39 is 0 Å². The first-order chi connectivity index (χ1) is 13.3. The van der Waals surface area contributed by atoms with Crippen molar-refractivity contribution < 1.29 is 4.79 Å². The molecule has 0 radical (unpaired) electrons. The summed E-state index contributed by atoms with van der Waals surface area (Å²) in [6, 6.07) is 14.9. The van der Waals surface area contributed by atoms with Crippen molar-refractivity contribution in [2.45, 2.75) is 31.2 Å². The first-order valence-corrected chi connectivity index (χ1v) is 9.75. The molecular formula is C23H21N3O. The fourth-order valence-electron chi connectivity index (χ4n) is 5.20. The number of hydrogen-bond acceptors (Lipinski definition) is 1. The topological polar surface area (TPSA) is 49.8 Å². The summed E-state index contributed by atoms with van der Waals surface area (Å²) in [6.45, 7) is 1.77. The third-order valence-electron chi connectivity index (χ3n) is 6.39. The van der Waals surface area contributed by atoms with Crippen molar-refractivity contribution in [2.75, 3.05) is 6.54 Å². The average molecular weight is 355 g/mol. The molecule has 1 saturated heterocycles. The highest BCUT2D eigenvalue weighted by Gasteiger charge is 2.39. The molecule has 2 atom stereocenters. The number of aryl methyl sites for hydroxylation is 2. The summed E-state index contributed by atoms with van der Waals surface area (Å²) >= 11 is 0. The van der Waals surface area contributed by atoms with Gasteiger partial charge in [0.2, 0.25) is 5.91 Å². The standard InChI is InChI=1S/C23H21N3O/c27-23-21(17-11-24-20-9-2-1-7-15(17)20)18(12-25-23)19-13-26-10-4-6-14-5-3-8-16(19)22(14)26/h1-3,5,7-9,11,13,18,21,24H,4,6,10,12H2,(H,25,27)/t18?,21-/m0/s1. The van der Waals surface area contributed by atoms with Gasteiger partial charge in [-0.3, -0.25) is 4.79 Å². The maximum absolute atomic E-state index is 12.9. The maximum atomic E-state index is 12.9. The third-order valence-corrected chi connectivity index (χ3v) is 6.39. The molecule has 1 unspecified atom stereocenters. The van der Waals surface area contributed by atoms with Crippen molar-refractivity contribution >= 4 is 27.7 Å². The second-order valence-corrected chi connectivity index (χ2v) is 7.81. The molecule has 0 aliphatic carbocycles. The lowest BCUT2D eigenvalue weighted by Gasteiger charge is -2.16. The van der Waals surface area contributed by atoms with E-state index in [2.05, 4.69) is 51.4 Å². The van der Waals surface area contributed by atoms with Gasteiger partial charge in [-0.25, -0.2) is 0 Å². The molecule has 4 nitrogen and oxygen atoms in total. The van der Waals surface area contributed by atoms with Crippen molar-refractivity contribution in [1.82, 2.24) is 14.9 Å². The van der Waals surface area contributed by atoms with Gasteiger partial charge in [-0.1, -0.05) is 36.4 Å². The van der Waals surface area contributed by atoms with E-state index in [1.807, 2.05) is 18.3 Å². The smallest absolute Gasteiger partial charge is 0.228 e. The zero-order valence-electron chi connectivity index (χ0n) is 15.0. The van der Waals surface area contributed by atoms with Crippen LogP contribution in [0.25, 0.3) is 21.8 Å². The normalized spacial score (nSPS) is 21.9. The van der Waals surface area contributed by atoms with E-state index in [9.17, 15) is 4.79 Å². The lowest BCUT2D eigenvalue weighted by atomic mass is 9.83. The number of H-pyrrole nitrogens is 1. The minimum Gasteiger partial charge on any atom is -0.361 e. The van der Waals surface area contributed by atoms with Crippen LogP contribution in [-0.2, 0) is 17.8 Å². The third kappa shape index (κ3) is 2.07. The fraction of sp³-hybridized carbons (Fsp3) is 0.261. The van der Waals surface area contributed by atoms with Crippen LogP contribution in [0.3, 0.4) is 0 Å². The number of hydrogen-bond donors (Lipinski definition) is 2. The minimum atomic E-state index is -0.149. The van der Waals surface area contributed by atoms with Gasteiger partial charge in [0.25, 0.3) is 0 Å². The molecule has 4 aromatic rings. The highest BCUT2D eigenvalue weighted by molar-refractivity contribution is 5.96. The lowest BCUT2D eigenvalue weighted by molar-refractivity contribution is -0.120. The number of benzene rings is 2. The summed E-state index contributed by atoms with van der Waals surface area (Å²) in [4.78, 5) is 16.2. The maximum Gasteiger partial charge on any atom is 0.228 e. The van der Waals surface area contributed by atoms with Gasteiger partial charge >= 0.3 is 0 Å². The van der Waals surface area contributed by atoms with E-state index in [0.717, 1.165) is 29.4 Å². The second kappa shape index (κ2) is 5.49. The number of carbonyl (C=O) groups excluding carboxylic acids is 1. The summed E-state index contributed by atoms with van der Waals surface area (Å²) in [6.07, 6.45) is 6.67. The minimum absolute atomic E-state index is 0.136. The van der Waals surface area contributed by atoms with Crippen LogP contribution in [0.4, 0.5) is 0 Å². The molecule has 1 amide bonds. The molecule has 2 aliphatic rings. The van der Waals surface area contributed by atoms with Gasteiger partial charge < -0.3 is 14.9 Å². The van der Waals surface area contributed by atoms with Crippen LogP contribution in [0.2, 0.25) is 0 Å². The quantitative estimate of drug-likeness (QED) is 0.560. The van der Waals surface area contributed by atoms with Gasteiger partial charge in [-0.05, 0) is 35.6 Å². The lowest BCUT2D eigenvalue weighted by Crippen LogP contribution is -2.17. The Kier molecular flexibility index (Phi) is 3.07. The Morgan fingerprint density at radius 3 is 2.85 bits per heavy atom. The molecule has 4 heteroatoms. The molecule has 1 fully saturated rings. The molecular weight excluding hydrogens is 334 g/mol. The highest BCUT2D eigenvalue weighted by Crippen LogP contribution is 2.43. The van der Waals surface area contributed by atoms with Crippen molar-refractivity contribution in [2.24, 2.45) is 0 Å². The molecule has 2 aromatic heterocycles. The van der Waals surface area contributed by atoms with Crippen molar-refractivity contribution in [3.05, 3.63) is 71.5 Å². The summed E-state index contributed by atoms with van der Waals surface area (Å²) in [5.74, 6) is 0.148. The molecule has 2 aromatic carbocycles. The van der Waals surface area contributed by atoms with Crippen LogP contribution in [0.5, 0.6) is 0 Å². The number of aromatic amines is 1. The Morgan fingerprint density at radius 2 is 1.89 bits per heavy atom. The van der Waals surface area contributed by atoms with Gasteiger partial charge in [-0.15, -0.1) is 0 Å². The average Bonchev–Trinajstić information content (AvgIpc) is 3.38. The Balaban J connectivity index is 1.54. The van der Waals surface area contributed by atoms with Crippen molar-refractivity contribution in [1.29, 1.82) is 0 Å². The largest absolute Gasteiger partial charge is 0.361 e. The van der Waals surface area contributed by atoms with Crippen LogP contribution in [-0.4, -0.2) is 22.0 Å².